The Labute approximate surface area is 110 Å². The summed E-state index contributed by atoms with van der Waals surface area (Å²) in [6, 6.07) is 5.36. The van der Waals surface area contributed by atoms with Crippen LogP contribution in [0.2, 0.25) is 5.02 Å². The molecule has 0 spiro atoms. The van der Waals surface area contributed by atoms with Gasteiger partial charge in [0.1, 0.15) is 0 Å². The van der Waals surface area contributed by atoms with E-state index in [-0.39, 0.29) is 17.1 Å². The fourth-order valence-electron chi connectivity index (χ4n) is 1.28. The van der Waals surface area contributed by atoms with Gasteiger partial charge in [-0.15, -0.1) is 11.8 Å². The average molecular weight is 274 g/mol. The first-order chi connectivity index (χ1) is 7.97. The molecule has 17 heavy (non-hydrogen) atoms. The lowest BCUT2D eigenvalue weighted by Crippen LogP contribution is -2.38. The van der Waals surface area contributed by atoms with Crippen molar-refractivity contribution in [2.75, 3.05) is 5.73 Å². The van der Waals surface area contributed by atoms with Crippen molar-refractivity contribution in [2.45, 2.75) is 24.0 Å². The van der Waals surface area contributed by atoms with E-state index in [1.54, 1.807) is 18.2 Å². The number of hydrazine groups is 1. The molecule has 0 saturated carbocycles. The first-order valence-corrected chi connectivity index (χ1v) is 6.44. The number of anilines is 1. The number of nitrogens with two attached hydrogens (primary N) is 2. The zero-order chi connectivity index (χ0) is 13.0. The summed E-state index contributed by atoms with van der Waals surface area (Å²) in [7, 11) is 0. The fourth-order valence-corrected chi connectivity index (χ4v) is 2.68. The Kier molecular flexibility index (Phi) is 5.11. The summed E-state index contributed by atoms with van der Waals surface area (Å²) in [5, 5.41) is 0.628. The van der Waals surface area contributed by atoms with Crippen molar-refractivity contribution in [1.82, 2.24) is 5.43 Å². The summed E-state index contributed by atoms with van der Waals surface area (Å²) >= 11 is 7.54. The van der Waals surface area contributed by atoms with E-state index < -0.39 is 0 Å². The number of rotatable bonds is 4. The molecule has 2 unspecified atom stereocenters. The minimum Gasteiger partial charge on any atom is -0.398 e. The van der Waals surface area contributed by atoms with Gasteiger partial charge in [0, 0.05) is 21.8 Å². The number of hydrogen-bond acceptors (Lipinski definition) is 4. The standard InChI is InChI=1S/C11H16ClN3OS/c1-6(11(16)15-14)7(2)17-10-8(12)4-3-5-9(10)13/h3-7H,13-14H2,1-2H3,(H,15,16). The Hall–Kier alpha value is -0.910. The molecule has 0 aliphatic heterocycles. The Morgan fingerprint density at radius 1 is 1.47 bits per heavy atom. The van der Waals surface area contributed by atoms with Crippen molar-refractivity contribution in [2.24, 2.45) is 11.8 Å². The molecule has 0 fully saturated rings. The van der Waals surface area contributed by atoms with Gasteiger partial charge in [-0.05, 0) is 12.1 Å². The molecule has 0 aliphatic rings. The number of nitrogens with one attached hydrogen (secondary N) is 1. The van der Waals surface area contributed by atoms with Gasteiger partial charge in [-0.1, -0.05) is 31.5 Å². The van der Waals surface area contributed by atoms with Gasteiger partial charge in [-0.3, -0.25) is 10.2 Å². The Balaban J connectivity index is 2.81. The van der Waals surface area contributed by atoms with Gasteiger partial charge >= 0.3 is 0 Å². The van der Waals surface area contributed by atoms with Crippen LogP contribution in [-0.4, -0.2) is 11.2 Å². The quantitative estimate of drug-likeness (QED) is 0.258. The molecule has 0 heterocycles. The molecule has 2 atom stereocenters. The van der Waals surface area contributed by atoms with Crippen molar-refractivity contribution < 1.29 is 4.79 Å². The van der Waals surface area contributed by atoms with Crippen LogP contribution in [0, 0.1) is 5.92 Å². The van der Waals surface area contributed by atoms with Crippen LogP contribution in [0.3, 0.4) is 0 Å². The summed E-state index contributed by atoms with van der Waals surface area (Å²) in [6.45, 7) is 3.75. The van der Waals surface area contributed by atoms with Gasteiger partial charge in [0.05, 0.1) is 5.02 Å². The third-order valence-corrected chi connectivity index (χ3v) is 4.46. The fraction of sp³-hybridized carbons (Fsp3) is 0.364. The van der Waals surface area contributed by atoms with Gasteiger partial charge in [-0.2, -0.15) is 0 Å². The number of hydrogen-bond donors (Lipinski definition) is 3. The van der Waals surface area contributed by atoms with E-state index >= 15 is 0 Å². The molecule has 1 aromatic carbocycles. The smallest absolute Gasteiger partial charge is 0.237 e. The lowest BCUT2D eigenvalue weighted by atomic mass is 10.1. The Morgan fingerprint density at radius 2 is 2.12 bits per heavy atom. The number of benzene rings is 1. The SMILES string of the molecule is CC(Sc1c(N)cccc1Cl)C(C)C(=O)NN. The summed E-state index contributed by atoms with van der Waals surface area (Å²) < 4.78 is 0. The van der Waals surface area contributed by atoms with Crippen molar-refractivity contribution in [3.63, 3.8) is 0 Å². The predicted molar refractivity (Wildman–Crippen MR) is 72.7 cm³/mol. The maximum Gasteiger partial charge on any atom is 0.237 e. The van der Waals surface area contributed by atoms with Crippen LogP contribution in [0.5, 0.6) is 0 Å². The minimum absolute atomic E-state index is 0.0285. The molecular formula is C11H16ClN3OS. The van der Waals surface area contributed by atoms with Crippen molar-refractivity contribution >= 4 is 35.0 Å². The van der Waals surface area contributed by atoms with Crippen LogP contribution in [-0.2, 0) is 4.79 Å². The van der Waals surface area contributed by atoms with Gasteiger partial charge < -0.3 is 5.73 Å². The van der Waals surface area contributed by atoms with Crippen LogP contribution < -0.4 is 17.0 Å². The number of halogens is 1. The maximum atomic E-state index is 11.4. The second kappa shape index (κ2) is 6.14. The van der Waals surface area contributed by atoms with Crippen LogP contribution in [0.15, 0.2) is 23.1 Å². The molecule has 94 valence electrons. The molecule has 6 heteroatoms. The topological polar surface area (TPSA) is 81.1 Å². The number of carbonyl (C=O) groups is 1. The zero-order valence-electron chi connectivity index (χ0n) is 9.74. The van der Waals surface area contributed by atoms with Crippen molar-refractivity contribution in [1.29, 1.82) is 0 Å². The lowest BCUT2D eigenvalue weighted by molar-refractivity contribution is -0.124. The zero-order valence-corrected chi connectivity index (χ0v) is 11.3. The average Bonchev–Trinajstić information content (AvgIpc) is 2.31. The summed E-state index contributed by atoms with van der Waals surface area (Å²) in [5.74, 6) is 4.68. The van der Waals surface area contributed by atoms with Crippen LogP contribution in [0.1, 0.15) is 13.8 Å². The van der Waals surface area contributed by atoms with E-state index in [4.69, 9.17) is 23.2 Å². The lowest BCUT2D eigenvalue weighted by Gasteiger charge is -2.19. The summed E-state index contributed by atoms with van der Waals surface area (Å²) in [5.41, 5.74) is 8.61. The molecular weight excluding hydrogens is 258 g/mol. The third-order valence-electron chi connectivity index (χ3n) is 2.56. The van der Waals surface area contributed by atoms with E-state index in [9.17, 15) is 4.79 Å². The normalized spacial score (nSPS) is 14.1. The first-order valence-electron chi connectivity index (χ1n) is 5.18. The van der Waals surface area contributed by atoms with E-state index in [1.165, 1.54) is 11.8 Å². The number of carbonyl (C=O) groups excluding carboxylic acids is 1. The Morgan fingerprint density at radius 3 is 2.65 bits per heavy atom. The largest absolute Gasteiger partial charge is 0.398 e. The molecule has 0 bridgehead atoms. The van der Waals surface area contributed by atoms with E-state index in [1.807, 2.05) is 13.8 Å². The van der Waals surface area contributed by atoms with Gasteiger partial charge in [0.25, 0.3) is 0 Å². The molecule has 0 saturated heterocycles. The monoisotopic (exact) mass is 273 g/mol. The molecule has 1 rings (SSSR count). The molecule has 0 radical (unpaired) electrons. The minimum atomic E-state index is -0.222. The van der Waals surface area contributed by atoms with Gasteiger partial charge in [0.15, 0.2) is 0 Å². The summed E-state index contributed by atoms with van der Waals surface area (Å²) in [4.78, 5) is 12.2. The highest BCUT2D eigenvalue weighted by atomic mass is 35.5. The second-order valence-electron chi connectivity index (χ2n) is 3.78. The highest BCUT2D eigenvalue weighted by Gasteiger charge is 2.22. The van der Waals surface area contributed by atoms with Gasteiger partial charge in [-0.25, -0.2) is 5.84 Å². The van der Waals surface area contributed by atoms with Gasteiger partial charge in [0.2, 0.25) is 5.91 Å². The maximum absolute atomic E-state index is 11.4. The highest BCUT2D eigenvalue weighted by Crippen LogP contribution is 2.37. The van der Waals surface area contributed by atoms with Crippen molar-refractivity contribution in [3.8, 4) is 0 Å². The predicted octanol–water partition coefficient (Wildman–Crippen LogP) is 2.03. The van der Waals surface area contributed by atoms with Crippen LogP contribution in [0.25, 0.3) is 0 Å². The second-order valence-corrected chi connectivity index (χ2v) is 5.57. The number of thioether (sulfide) groups is 1. The Bertz CT molecular complexity index is 393. The van der Waals surface area contributed by atoms with E-state index in [0.717, 1.165) is 4.90 Å². The molecule has 4 nitrogen and oxygen atoms in total. The number of nitrogen functional groups attached to an aromatic ring is 1. The van der Waals surface area contributed by atoms with E-state index in [0.29, 0.717) is 10.7 Å². The van der Waals surface area contributed by atoms with Crippen molar-refractivity contribution in [3.05, 3.63) is 23.2 Å². The van der Waals surface area contributed by atoms with Crippen LogP contribution >= 0.6 is 23.4 Å². The third kappa shape index (κ3) is 3.52. The molecule has 5 N–H and O–H groups in total. The first kappa shape index (κ1) is 14.2. The molecule has 1 amide bonds. The molecule has 1 aromatic rings. The van der Waals surface area contributed by atoms with Crippen LogP contribution in [0.4, 0.5) is 5.69 Å². The highest BCUT2D eigenvalue weighted by molar-refractivity contribution is 8.00. The molecule has 0 aromatic heterocycles. The number of amides is 1. The van der Waals surface area contributed by atoms with E-state index in [2.05, 4.69) is 5.43 Å². The molecule has 0 aliphatic carbocycles. The summed E-state index contributed by atoms with van der Waals surface area (Å²) in [6.07, 6.45) is 0.